The number of hydrogen-bond donors (Lipinski definition) is 2. The number of anilines is 1. The van der Waals surface area contributed by atoms with Crippen LogP contribution in [0, 0.1) is 5.92 Å². The minimum absolute atomic E-state index is 0.213. The summed E-state index contributed by atoms with van der Waals surface area (Å²) in [5, 5.41) is 14.2. The highest BCUT2D eigenvalue weighted by atomic mass is 79.9. The first-order chi connectivity index (χ1) is 13.1. The average Bonchev–Trinajstić information content (AvgIpc) is 3.14. The van der Waals surface area contributed by atoms with E-state index in [4.69, 9.17) is 4.74 Å². The Kier molecular flexibility index (Phi) is 5.78. The Balaban J connectivity index is 1.63. The molecule has 1 atom stereocenters. The minimum Gasteiger partial charge on any atom is -0.444 e. The number of alkyl carbamates (subject to hydrolysis) is 1. The predicted octanol–water partition coefficient (Wildman–Crippen LogP) is 2.72. The van der Waals surface area contributed by atoms with Crippen LogP contribution in [0.15, 0.2) is 16.9 Å². The molecule has 0 aromatic carbocycles. The van der Waals surface area contributed by atoms with Crippen LogP contribution >= 0.6 is 15.9 Å². The average molecular weight is 453 g/mol. The summed E-state index contributed by atoms with van der Waals surface area (Å²) < 4.78 is 9.46. The maximum absolute atomic E-state index is 12.7. The van der Waals surface area contributed by atoms with E-state index in [0.29, 0.717) is 35.4 Å². The summed E-state index contributed by atoms with van der Waals surface area (Å²) >= 11 is 3.38. The van der Waals surface area contributed by atoms with Crippen LogP contribution < -0.4 is 10.6 Å². The number of nitrogens with zero attached hydrogens (tertiary/aromatic N) is 4. The number of carbonyl (C=O) groups is 2. The summed E-state index contributed by atoms with van der Waals surface area (Å²) in [5.74, 6) is 0.428. The lowest BCUT2D eigenvalue weighted by Gasteiger charge is -2.25. The summed E-state index contributed by atoms with van der Waals surface area (Å²) in [4.78, 5) is 24.6. The quantitative estimate of drug-likeness (QED) is 0.741. The van der Waals surface area contributed by atoms with Crippen molar-refractivity contribution in [1.29, 1.82) is 0 Å². The van der Waals surface area contributed by atoms with Crippen molar-refractivity contribution < 1.29 is 14.3 Å². The molecular weight excluding hydrogens is 428 g/mol. The van der Waals surface area contributed by atoms with Crippen molar-refractivity contribution in [3.8, 4) is 0 Å². The van der Waals surface area contributed by atoms with Crippen molar-refractivity contribution in [2.45, 2.75) is 45.8 Å². The van der Waals surface area contributed by atoms with Crippen LogP contribution in [0.3, 0.4) is 0 Å². The Morgan fingerprint density at radius 2 is 2.14 bits per heavy atom. The van der Waals surface area contributed by atoms with Crippen LogP contribution in [0.2, 0.25) is 0 Å². The fourth-order valence-electron chi connectivity index (χ4n) is 3.12. The molecule has 2 aromatic heterocycles. The van der Waals surface area contributed by atoms with Gasteiger partial charge in [0.2, 0.25) is 0 Å². The van der Waals surface area contributed by atoms with E-state index in [-0.39, 0.29) is 11.8 Å². The minimum atomic E-state index is -0.528. The number of halogens is 1. The van der Waals surface area contributed by atoms with Crippen LogP contribution in [0.5, 0.6) is 0 Å². The van der Waals surface area contributed by atoms with Crippen LogP contribution in [0.4, 0.5) is 10.6 Å². The van der Waals surface area contributed by atoms with Crippen LogP contribution in [-0.4, -0.2) is 43.7 Å². The zero-order chi connectivity index (χ0) is 20.5. The zero-order valence-electron chi connectivity index (χ0n) is 16.5. The number of ether oxygens (including phenoxy) is 1. The second-order valence-electron chi connectivity index (χ2n) is 7.92. The van der Waals surface area contributed by atoms with Gasteiger partial charge in [0.1, 0.15) is 5.60 Å². The van der Waals surface area contributed by atoms with Gasteiger partial charge in [-0.1, -0.05) is 0 Å². The van der Waals surface area contributed by atoms with E-state index in [1.807, 2.05) is 25.5 Å². The fourth-order valence-corrected chi connectivity index (χ4v) is 3.60. The van der Waals surface area contributed by atoms with Crippen molar-refractivity contribution >= 4 is 33.7 Å². The number of amides is 2. The first kappa shape index (κ1) is 20.4. The van der Waals surface area contributed by atoms with Crippen LogP contribution in [-0.2, 0) is 24.8 Å². The molecule has 2 amide bonds. The Hall–Kier alpha value is -2.36. The third-order valence-corrected chi connectivity index (χ3v) is 4.95. The molecule has 0 fully saturated rings. The van der Waals surface area contributed by atoms with Gasteiger partial charge in [0.15, 0.2) is 5.82 Å². The van der Waals surface area contributed by atoms with E-state index >= 15 is 0 Å². The summed E-state index contributed by atoms with van der Waals surface area (Å²) in [5.41, 5.74) is 0.867. The number of fused-ring (bicyclic) bond motifs is 1. The molecular formula is C18H25BrN6O3. The maximum Gasteiger partial charge on any atom is 0.407 e. The van der Waals surface area contributed by atoms with Crippen LogP contribution in [0.1, 0.15) is 43.2 Å². The molecule has 10 heteroatoms. The smallest absolute Gasteiger partial charge is 0.407 e. The molecule has 9 nitrogen and oxygen atoms in total. The molecule has 3 heterocycles. The summed E-state index contributed by atoms with van der Waals surface area (Å²) in [6, 6.07) is 0. The van der Waals surface area contributed by atoms with Crippen LogP contribution in [0.25, 0.3) is 0 Å². The third kappa shape index (κ3) is 4.92. The highest BCUT2D eigenvalue weighted by Crippen LogP contribution is 2.25. The van der Waals surface area contributed by atoms with Gasteiger partial charge in [-0.3, -0.25) is 14.2 Å². The second-order valence-corrected chi connectivity index (χ2v) is 8.78. The maximum atomic E-state index is 12.7. The predicted molar refractivity (Wildman–Crippen MR) is 107 cm³/mol. The normalized spacial score (nSPS) is 16.4. The van der Waals surface area contributed by atoms with Crippen molar-refractivity contribution in [2.75, 3.05) is 11.9 Å². The third-order valence-electron chi connectivity index (χ3n) is 4.37. The van der Waals surface area contributed by atoms with Gasteiger partial charge in [-0.15, -0.1) is 0 Å². The Morgan fingerprint density at radius 1 is 1.39 bits per heavy atom. The summed E-state index contributed by atoms with van der Waals surface area (Å²) in [7, 11) is 1.78. The molecule has 2 aromatic rings. The molecule has 0 saturated heterocycles. The van der Waals surface area contributed by atoms with Gasteiger partial charge in [0, 0.05) is 26.3 Å². The van der Waals surface area contributed by atoms with Gasteiger partial charge in [-0.25, -0.2) is 4.79 Å². The molecule has 3 rings (SSSR count). The molecule has 0 saturated carbocycles. The molecule has 0 spiro atoms. The van der Waals surface area contributed by atoms with Crippen molar-refractivity contribution in [1.82, 2.24) is 24.9 Å². The van der Waals surface area contributed by atoms with E-state index in [1.54, 1.807) is 24.1 Å². The number of rotatable bonds is 4. The molecule has 1 unspecified atom stereocenters. The lowest BCUT2D eigenvalue weighted by Crippen LogP contribution is -2.37. The number of hydrogen-bond acceptors (Lipinski definition) is 5. The summed E-state index contributed by atoms with van der Waals surface area (Å²) in [6.07, 6.45) is 4.45. The molecule has 1 aliphatic rings. The van der Waals surface area contributed by atoms with Gasteiger partial charge in [-0.2, -0.15) is 10.2 Å². The lowest BCUT2D eigenvalue weighted by molar-refractivity contribution is 0.0516. The largest absolute Gasteiger partial charge is 0.444 e. The molecule has 0 bridgehead atoms. The van der Waals surface area contributed by atoms with Crippen molar-refractivity contribution in [2.24, 2.45) is 13.0 Å². The van der Waals surface area contributed by atoms with Gasteiger partial charge in [0.05, 0.1) is 21.9 Å². The fraction of sp³-hybridized carbons (Fsp3) is 0.556. The highest BCUT2D eigenvalue weighted by Gasteiger charge is 2.27. The van der Waals surface area contributed by atoms with E-state index in [0.717, 1.165) is 12.1 Å². The van der Waals surface area contributed by atoms with Crippen molar-refractivity contribution in [3.05, 3.63) is 28.1 Å². The van der Waals surface area contributed by atoms with Gasteiger partial charge in [-0.05, 0) is 55.5 Å². The van der Waals surface area contributed by atoms with E-state index in [1.165, 1.54) is 0 Å². The van der Waals surface area contributed by atoms with Gasteiger partial charge >= 0.3 is 6.09 Å². The van der Waals surface area contributed by atoms with Crippen molar-refractivity contribution in [3.63, 3.8) is 0 Å². The van der Waals surface area contributed by atoms with Gasteiger partial charge < -0.3 is 15.4 Å². The zero-order valence-corrected chi connectivity index (χ0v) is 18.0. The molecule has 1 aliphatic heterocycles. The SMILES string of the molecule is Cn1cc(Br)c(NC(=O)c2cnn3c2CC(CNC(=O)OC(C)(C)C)CC3)n1. The van der Waals surface area contributed by atoms with E-state index in [2.05, 4.69) is 36.8 Å². The monoisotopic (exact) mass is 452 g/mol. The second kappa shape index (κ2) is 7.94. The first-order valence-corrected chi connectivity index (χ1v) is 9.93. The number of carbonyl (C=O) groups excluding carboxylic acids is 2. The Labute approximate surface area is 171 Å². The van der Waals surface area contributed by atoms with E-state index < -0.39 is 11.7 Å². The Morgan fingerprint density at radius 3 is 2.79 bits per heavy atom. The standard InChI is InChI=1S/C18H25BrN6O3/c1-18(2,3)28-17(27)20-8-11-5-6-25-14(7-11)12(9-21-25)16(26)22-15-13(19)10-24(4)23-15/h9-11H,5-8H2,1-4H3,(H,20,27)(H,22,23,26). The van der Waals surface area contributed by atoms with E-state index in [9.17, 15) is 9.59 Å². The lowest BCUT2D eigenvalue weighted by atomic mass is 9.94. The molecule has 152 valence electrons. The molecule has 2 N–H and O–H groups in total. The molecule has 0 aliphatic carbocycles. The summed E-state index contributed by atoms with van der Waals surface area (Å²) in [6.45, 7) is 6.69. The first-order valence-electron chi connectivity index (χ1n) is 9.14. The number of aromatic nitrogens is 4. The molecule has 28 heavy (non-hydrogen) atoms. The van der Waals surface area contributed by atoms with Gasteiger partial charge in [0.25, 0.3) is 5.91 Å². The number of aryl methyl sites for hydroxylation is 2. The highest BCUT2D eigenvalue weighted by molar-refractivity contribution is 9.10. The Bertz CT molecular complexity index is 883. The topological polar surface area (TPSA) is 103 Å². The number of nitrogens with one attached hydrogen (secondary N) is 2. The molecule has 0 radical (unpaired) electrons.